The molecule has 0 aliphatic heterocycles. The van der Waals surface area contributed by atoms with Crippen LogP contribution in [0.15, 0.2) is 18.2 Å². The fourth-order valence-electron chi connectivity index (χ4n) is 1.25. The third-order valence-corrected chi connectivity index (χ3v) is 2.67. The van der Waals surface area contributed by atoms with Crippen molar-refractivity contribution in [3.8, 4) is 0 Å². The number of benzene rings is 1. The van der Waals surface area contributed by atoms with Crippen molar-refractivity contribution >= 4 is 27.4 Å². The van der Waals surface area contributed by atoms with Gasteiger partial charge in [0.15, 0.2) is 5.78 Å². The maximum Gasteiger partial charge on any atom is 0.273 e. The summed E-state index contributed by atoms with van der Waals surface area (Å²) in [6.45, 7) is 1.76. The molecule has 0 radical (unpaired) electrons. The molecule has 80 valence electrons. The zero-order chi connectivity index (χ0) is 11.4. The monoisotopic (exact) mass is 271 g/mol. The van der Waals surface area contributed by atoms with Gasteiger partial charge in [0.05, 0.1) is 4.92 Å². The minimum absolute atomic E-state index is 0.00732. The Morgan fingerprint density at radius 2 is 2.20 bits per heavy atom. The van der Waals surface area contributed by atoms with Gasteiger partial charge in [-0.25, -0.2) is 0 Å². The number of Topliss-reactive ketones (excluding diaryl/α,β-unsaturated/α-hetero) is 1. The van der Waals surface area contributed by atoms with Crippen LogP contribution in [0.25, 0.3) is 0 Å². The summed E-state index contributed by atoms with van der Waals surface area (Å²) < 4.78 is 0. The van der Waals surface area contributed by atoms with Gasteiger partial charge >= 0.3 is 0 Å². The molecule has 0 saturated heterocycles. The number of nitro benzene ring substituents is 1. The van der Waals surface area contributed by atoms with E-state index in [0.29, 0.717) is 22.9 Å². The van der Waals surface area contributed by atoms with E-state index in [1.807, 2.05) is 0 Å². The van der Waals surface area contributed by atoms with Gasteiger partial charge in [0, 0.05) is 28.9 Å². The number of carbonyl (C=O) groups is 1. The SMILES string of the molecule is CCC(=O)c1ccc([N+](=O)[O-])c(CBr)c1. The maximum atomic E-state index is 11.4. The third kappa shape index (κ3) is 2.62. The Hall–Kier alpha value is -1.23. The summed E-state index contributed by atoms with van der Waals surface area (Å²) in [5.74, 6) is -0.00732. The number of hydrogen-bond donors (Lipinski definition) is 0. The number of carbonyl (C=O) groups excluding carboxylic acids is 1. The second-order valence-corrected chi connectivity index (χ2v) is 3.57. The van der Waals surface area contributed by atoms with E-state index in [1.165, 1.54) is 12.1 Å². The highest BCUT2D eigenvalue weighted by molar-refractivity contribution is 9.08. The second-order valence-electron chi connectivity index (χ2n) is 3.01. The van der Waals surface area contributed by atoms with Crippen molar-refractivity contribution in [2.75, 3.05) is 0 Å². The van der Waals surface area contributed by atoms with Crippen LogP contribution >= 0.6 is 15.9 Å². The molecule has 0 aliphatic rings. The lowest BCUT2D eigenvalue weighted by Crippen LogP contribution is -2.00. The van der Waals surface area contributed by atoms with Gasteiger partial charge in [-0.05, 0) is 12.1 Å². The molecule has 15 heavy (non-hydrogen) atoms. The molecular formula is C10H10BrNO3. The summed E-state index contributed by atoms with van der Waals surface area (Å²) in [7, 11) is 0. The van der Waals surface area contributed by atoms with Crippen molar-refractivity contribution in [1.29, 1.82) is 0 Å². The van der Waals surface area contributed by atoms with Crippen LogP contribution in [-0.4, -0.2) is 10.7 Å². The van der Waals surface area contributed by atoms with Crippen LogP contribution in [0, 0.1) is 10.1 Å². The van der Waals surface area contributed by atoms with Crippen molar-refractivity contribution in [2.24, 2.45) is 0 Å². The van der Waals surface area contributed by atoms with E-state index in [4.69, 9.17) is 0 Å². The van der Waals surface area contributed by atoms with Gasteiger partial charge in [-0.1, -0.05) is 22.9 Å². The number of nitro groups is 1. The lowest BCUT2D eigenvalue weighted by atomic mass is 10.1. The lowest BCUT2D eigenvalue weighted by molar-refractivity contribution is -0.385. The standard InChI is InChI=1S/C10H10BrNO3/c1-2-10(13)7-3-4-9(12(14)15)8(5-7)6-11/h3-5H,2,6H2,1H3. The van der Waals surface area contributed by atoms with Gasteiger partial charge < -0.3 is 0 Å². The van der Waals surface area contributed by atoms with Gasteiger partial charge in [-0.2, -0.15) is 0 Å². The van der Waals surface area contributed by atoms with Crippen LogP contribution in [0.5, 0.6) is 0 Å². The second kappa shape index (κ2) is 5.02. The van der Waals surface area contributed by atoms with Crippen LogP contribution < -0.4 is 0 Å². The molecule has 0 fully saturated rings. The molecular weight excluding hydrogens is 262 g/mol. The molecule has 0 heterocycles. The summed E-state index contributed by atoms with van der Waals surface area (Å²) in [5.41, 5.74) is 1.09. The number of ketones is 1. The van der Waals surface area contributed by atoms with Crippen LogP contribution in [0.2, 0.25) is 0 Å². The molecule has 1 aromatic rings. The first-order chi connectivity index (χ1) is 7.10. The average molecular weight is 272 g/mol. The molecule has 4 nitrogen and oxygen atoms in total. The van der Waals surface area contributed by atoms with Gasteiger partial charge in [0.1, 0.15) is 0 Å². The number of hydrogen-bond acceptors (Lipinski definition) is 3. The third-order valence-electron chi connectivity index (χ3n) is 2.06. The van der Waals surface area contributed by atoms with E-state index < -0.39 is 4.92 Å². The lowest BCUT2D eigenvalue weighted by Gasteiger charge is -2.02. The predicted molar refractivity (Wildman–Crippen MR) is 60.3 cm³/mol. The van der Waals surface area contributed by atoms with E-state index in [2.05, 4.69) is 15.9 Å². The quantitative estimate of drug-likeness (QED) is 0.366. The van der Waals surface area contributed by atoms with Gasteiger partial charge in [0.25, 0.3) is 5.69 Å². The van der Waals surface area contributed by atoms with E-state index in [0.717, 1.165) is 0 Å². The smallest absolute Gasteiger partial charge is 0.273 e. The maximum absolute atomic E-state index is 11.4. The summed E-state index contributed by atoms with van der Waals surface area (Å²) in [6.07, 6.45) is 0.402. The highest BCUT2D eigenvalue weighted by Gasteiger charge is 2.14. The Balaban J connectivity index is 3.19. The van der Waals surface area contributed by atoms with Gasteiger partial charge in [0.2, 0.25) is 0 Å². The normalized spacial score (nSPS) is 10.0. The molecule has 0 spiro atoms. The molecule has 0 aliphatic carbocycles. The zero-order valence-electron chi connectivity index (χ0n) is 8.20. The summed E-state index contributed by atoms with van der Waals surface area (Å²) in [6, 6.07) is 4.44. The van der Waals surface area contributed by atoms with Crippen LogP contribution in [0.3, 0.4) is 0 Å². The van der Waals surface area contributed by atoms with Gasteiger partial charge in [-0.3, -0.25) is 14.9 Å². The number of nitrogens with zero attached hydrogens (tertiary/aromatic N) is 1. The van der Waals surface area contributed by atoms with Crippen LogP contribution in [0.4, 0.5) is 5.69 Å². The largest absolute Gasteiger partial charge is 0.294 e. The molecule has 0 saturated carbocycles. The highest BCUT2D eigenvalue weighted by atomic mass is 79.9. The molecule has 0 bridgehead atoms. The summed E-state index contributed by atoms with van der Waals surface area (Å²) in [5, 5.41) is 11.0. The molecule has 0 unspecified atom stereocenters. The van der Waals surface area contributed by atoms with Crippen LogP contribution in [-0.2, 0) is 5.33 Å². The average Bonchev–Trinajstić information content (AvgIpc) is 2.26. The van der Waals surface area contributed by atoms with E-state index >= 15 is 0 Å². The Bertz CT molecular complexity index is 404. The van der Waals surface area contributed by atoms with E-state index in [9.17, 15) is 14.9 Å². The Morgan fingerprint density at radius 3 is 2.67 bits per heavy atom. The van der Waals surface area contributed by atoms with E-state index in [1.54, 1.807) is 13.0 Å². The molecule has 0 aromatic heterocycles. The first kappa shape index (κ1) is 11.8. The van der Waals surface area contributed by atoms with Crippen molar-refractivity contribution in [3.63, 3.8) is 0 Å². The molecule has 0 N–H and O–H groups in total. The predicted octanol–water partition coefficient (Wildman–Crippen LogP) is 3.08. The molecule has 1 aromatic carbocycles. The number of alkyl halides is 1. The van der Waals surface area contributed by atoms with Crippen molar-refractivity contribution in [2.45, 2.75) is 18.7 Å². The molecule has 0 atom stereocenters. The molecule has 5 heteroatoms. The van der Waals surface area contributed by atoms with Crippen molar-refractivity contribution in [1.82, 2.24) is 0 Å². The van der Waals surface area contributed by atoms with Crippen molar-refractivity contribution < 1.29 is 9.72 Å². The molecule has 1 rings (SSSR count). The minimum atomic E-state index is -0.448. The fraction of sp³-hybridized carbons (Fsp3) is 0.300. The summed E-state index contributed by atoms with van der Waals surface area (Å²) >= 11 is 3.17. The topological polar surface area (TPSA) is 60.2 Å². The zero-order valence-corrected chi connectivity index (χ0v) is 9.78. The Labute approximate surface area is 95.6 Å². The Morgan fingerprint density at radius 1 is 1.53 bits per heavy atom. The van der Waals surface area contributed by atoms with Crippen LogP contribution in [0.1, 0.15) is 29.3 Å². The Kier molecular flexibility index (Phi) is 3.96. The minimum Gasteiger partial charge on any atom is -0.294 e. The first-order valence-corrected chi connectivity index (χ1v) is 5.58. The summed E-state index contributed by atoms with van der Waals surface area (Å²) in [4.78, 5) is 21.6. The first-order valence-electron chi connectivity index (χ1n) is 4.46. The van der Waals surface area contributed by atoms with E-state index in [-0.39, 0.29) is 11.5 Å². The highest BCUT2D eigenvalue weighted by Crippen LogP contribution is 2.22. The molecule has 0 amide bonds. The number of halogens is 1. The fourth-order valence-corrected chi connectivity index (χ4v) is 1.70. The van der Waals surface area contributed by atoms with Gasteiger partial charge in [-0.15, -0.1) is 0 Å². The van der Waals surface area contributed by atoms with Crippen molar-refractivity contribution in [3.05, 3.63) is 39.4 Å². The number of rotatable bonds is 4.